The number of anilines is 3. The average Bonchev–Trinajstić information content (AvgIpc) is 2.39. The number of hydrazine groups is 1. The molecule has 1 aromatic carbocycles. The van der Waals surface area contributed by atoms with Crippen LogP contribution in [0, 0.1) is 6.92 Å². The summed E-state index contributed by atoms with van der Waals surface area (Å²) in [6.45, 7) is 2.06. The van der Waals surface area contributed by atoms with Crippen LogP contribution >= 0.6 is 15.9 Å². The zero-order valence-electron chi connectivity index (χ0n) is 10.2. The van der Waals surface area contributed by atoms with E-state index in [0.29, 0.717) is 5.95 Å². The van der Waals surface area contributed by atoms with Crippen LogP contribution in [-0.2, 0) is 0 Å². The molecular formula is C12H14BrN5. The number of nitrogens with two attached hydrogens (primary N) is 1. The highest BCUT2D eigenvalue weighted by atomic mass is 79.9. The van der Waals surface area contributed by atoms with Crippen molar-refractivity contribution in [2.45, 2.75) is 6.92 Å². The summed E-state index contributed by atoms with van der Waals surface area (Å²) in [7, 11) is 1.95. The van der Waals surface area contributed by atoms with E-state index in [1.54, 1.807) is 6.20 Å². The van der Waals surface area contributed by atoms with E-state index in [1.165, 1.54) is 5.56 Å². The first kappa shape index (κ1) is 12.8. The van der Waals surface area contributed by atoms with Gasteiger partial charge in [-0.15, -0.1) is 0 Å². The van der Waals surface area contributed by atoms with Crippen LogP contribution in [0.2, 0.25) is 0 Å². The fourth-order valence-electron chi connectivity index (χ4n) is 1.72. The number of aromatic nitrogens is 2. The number of rotatable bonds is 3. The lowest BCUT2D eigenvalue weighted by Crippen LogP contribution is -2.16. The lowest BCUT2D eigenvalue weighted by molar-refractivity contribution is 1.05. The van der Waals surface area contributed by atoms with Gasteiger partial charge < -0.3 is 4.90 Å². The van der Waals surface area contributed by atoms with E-state index < -0.39 is 0 Å². The molecule has 94 valence electrons. The van der Waals surface area contributed by atoms with Gasteiger partial charge in [-0.1, -0.05) is 18.2 Å². The molecule has 0 aliphatic heterocycles. The normalized spacial score (nSPS) is 10.2. The molecule has 2 aromatic rings. The second kappa shape index (κ2) is 5.32. The maximum Gasteiger partial charge on any atom is 0.239 e. The summed E-state index contributed by atoms with van der Waals surface area (Å²) in [5.41, 5.74) is 4.70. The number of nitrogen functional groups attached to an aromatic ring is 1. The fourth-order valence-corrected chi connectivity index (χ4v) is 2.17. The molecule has 0 unspecified atom stereocenters. The van der Waals surface area contributed by atoms with Crippen LogP contribution in [0.4, 0.5) is 17.5 Å². The van der Waals surface area contributed by atoms with Crippen molar-refractivity contribution in [3.63, 3.8) is 0 Å². The Balaban J connectivity index is 2.45. The zero-order chi connectivity index (χ0) is 13.1. The molecule has 0 radical (unpaired) electrons. The van der Waals surface area contributed by atoms with Crippen LogP contribution in [0.3, 0.4) is 0 Å². The minimum atomic E-state index is 0.383. The van der Waals surface area contributed by atoms with Crippen LogP contribution in [0.5, 0.6) is 0 Å². The van der Waals surface area contributed by atoms with Gasteiger partial charge in [-0.3, -0.25) is 5.43 Å². The van der Waals surface area contributed by atoms with E-state index in [1.807, 2.05) is 30.1 Å². The molecule has 2 rings (SSSR count). The second-order valence-electron chi connectivity index (χ2n) is 3.85. The smallest absolute Gasteiger partial charge is 0.239 e. The van der Waals surface area contributed by atoms with Crippen LogP contribution in [0.25, 0.3) is 0 Å². The summed E-state index contributed by atoms with van der Waals surface area (Å²) >= 11 is 3.45. The maximum atomic E-state index is 5.33. The third kappa shape index (κ3) is 2.44. The molecular weight excluding hydrogens is 294 g/mol. The van der Waals surface area contributed by atoms with Gasteiger partial charge in [-0.25, -0.2) is 10.8 Å². The number of nitrogens with zero attached hydrogens (tertiary/aromatic N) is 3. The molecule has 0 saturated heterocycles. The lowest BCUT2D eigenvalue weighted by Gasteiger charge is -2.21. The highest BCUT2D eigenvalue weighted by Crippen LogP contribution is 2.30. The Kier molecular flexibility index (Phi) is 3.78. The van der Waals surface area contributed by atoms with E-state index in [9.17, 15) is 0 Å². The minimum Gasteiger partial charge on any atom is -0.328 e. The van der Waals surface area contributed by atoms with Crippen LogP contribution < -0.4 is 16.2 Å². The molecule has 0 aliphatic carbocycles. The minimum absolute atomic E-state index is 0.383. The van der Waals surface area contributed by atoms with E-state index in [-0.39, 0.29) is 0 Å². The Morgan fingerprint density at radius 2 is 2.06 bits per heavy atom. The maximum absolute atomic E-state index is 5.33. The molecule has 0 bridgehead atoms. The van der Waals surface area contributed by atoms with Gasteiger partial charge in [-0.2, -0.15) is 4.98 Å². The summed E-state index contributed by atoms with van der Waals surface area (Å²) in [5.74, 6) is 6.47. The van der Waals surface area contributed by atoms with Crippen LogP contribution in [0.1, 0.15) is 5.56 Å². The third-order valence-corrected chi connectivity index (χ3v) is 3.21. The van der Waals surface area contributed by atoms with Gasteiger partial charge in [0.25, 0.3) is 0 Å². The Bertz CT molecular complexity index is 558. The molecule has 18 heavy (non-hydrogen) atoms. The molecule has 3 N–H and O–H groups in total. The third-order valence-electron chi connectivity index (χ3n) is 2.65. The number of benzene rings is 1. The first-order valence-electron chi connectivity index (χ1n) is 5.42. The van der Waals surface area contributed by atoms with E-state index in [2.05, 4.69) is 44.3 Å². The number of halogens is 1. The molecule has 0 spiro atoms. The Morgan fingerprint density at radius 1 is 1.33 bits per heavy atom. The fraction of sp³-hybridized carbons (Fsp3) is 0.167. The van der Waals surface area contributed by atoms with Gasteiger partial charge in [-0.05, 0) is 34.5 Å². The van der Waals surface area contributed by atoms with Gasteiger partial charge in [0.2, 0.25) is 5.95 Å². The van der Waals surface area contributed by atoms with Crippen molar-refractivity contribution in [2.75, 3.05) is 17.4 Å². The molecule has 1 heterocycles. The first-order chi connectivity index (χ1) is 8.63. The molecule has 0 fully saturated rings. The van der Waals surface area contributed by atoms with E-state index >= 15 is 0 Å². The number of nitrogens with one attached hydrogen (secondary N) is 1. The van der Waals surface area contributed by atoms with Crippen molar-refractivity contribution in [1.29, 1.82) is 0 Å². The number of hydrogen-bond donors (Lipinski definition) is 2. The van der Waals surface area contributed by atoms with Gasteiger partial charge in [0.1, 0.15) is 0 Å². The lowest BCUT2D eigenvalue weighted by atomic mass is 10.2. The average molecular weight is 308 g/mol. The summed E-state index contributed by atoms with van der Waals surface area (Å²) in [6, 6.07) is 8.10. The standard InChI is InChI=1S/C12H14BrN5/c1-8-5-3-4-6-10(8)18(2)11-9(13)7-15-12(16-11)17-14/h3-7H,14H2,1-2H3,(H,15,16,17). The van der Waals surface area contributed by atoms with Crippen molar-refractivity contribution < 1.29 is 0 Å². The molecule has 6 heteroatoms. The molecule has 1 aromatic heterocycles. The summed E-state index contributed by atoms with van der Waals surface area (Å²) in [4.78, 5) is 10.4. The number of para-hydroxylation sites is 1. The second-order valence-corrected chi connectivity index (χ2v) is 4.71. The van der Waals surface area contributed by atoms with Crippen LogP contribution in [0.15, 0.2) is 34.9 Å². The number of hydrogen-bond acceptors (Lipinski definition) is 5. The Labute approximate surface area is 114 Å². The quantitative estimate of drug-likeness (QED) is 0.674. The topological polar surface area (TPSA) is 67.1 Å². The first-order valence-corrected chi connectivity index (χ1v) is 6.21. The predicted octanol–water partition coefficient (Wildman–Crippen LogP) is 2.60. The van der Waals surface area contributed by atoms with Gasteiger partial charge in [0.15, 0.2) is 5.82 Å². The molecule has 0 atom stereocenters. The molecule has 0 amide bonds. The summed E-state index contributed by atoms with van der Waals surface area (Å²) < 4.78 is 0.812. The van der Waals surface area contributed by atoms with Gasteiger partial charge in [0, 0.05) is 18.9 Å². The number of aryl methyl sites for hydroxylation is 1. The molecule has 0 aliphatic rings. The predicted molar refractivity (Wildman–Crippen MR) is 76.8 cm³/mol. The SMILES string of the molecule is Cc1ccccc1N(C)c1nc(NN)ncc1Br. The Morgan fingerprint density at radius 3 is 2.72 bits per heavy atom. The van der Waals surface area contributed by atoms with Gasteiger partial charge >= 0.3 is 0 Å². The van der Waals surface area contributed by atoms with Crippen molar-refractivity contribution >= 4 is 33.4 Å². The van der Waals surface area contributed by atoms with Crippen LogP contribution in [-0.4, -0.2) is 17.0 Å². The van der Waals surface area contributed by atoms with Crippen molar-refractivity contribution in [3.05, 3.63) is 40.5 Å². The molecule has 5 nitrogen and oxygen atoms in total. The summed E-state index contributed by atoms with van der Waals surface area (Å²) in [6.07, 6.45) is 1.67. The monoisotopic (exact) mass is 307 g/mol. The summed E-state index contributed by atoms with van der Waals surface area (Å²) in [5, 5.41) is 0. The molecule has 0 saturated carbocycles. The van der Waals surface area contributed by atoms with E-state index in [0.717, 1.165) is 16.0 Å². The Hall–Kier alpha value is -1.66. The zero-order valence-corrected chi connectivity index (χ0v) is 11.8. The van der Waals surface area contributed by atoms with Crippen molar-refractivity contribution in [1.82, 2.24) is 9.97 Å². The largest absolute Gasteiger partial charge is 0.328 e. The van der Waals surface area contributed by atoms with Crippen molar-refractivity contribution in [2.24, 2.45) is 5.84 Å². The van der Waals surface area contributed by atoms with E-state index in [4.69, 9.17) is 5.84 Å². The highest BCUT2D eigenvalue weighted by molar-refractivity contribution is 9.10. The highest BCUT2D eigenvalue weighted by Gasteiger charge is 2.12. The van der Waals surface area contributed by atoms with Gasteiger partial charge in [0.05, 0.1) is 4.47 Å². The van der Waals surface area contributed by atoms with Crippen molar-refractivity contribution in [3.8, 4) is 0 Å².